The number of aromatic nitrogens is 1. The SMILES string of the molecule is NC1CCCC2CN(S(=O)(=O)CCc3ccncc3)CC12. The highest BCUT2D eigenvalue weighted by Gasteiger charge is 2.42. The van der Waals surface area contributed by atoms with Gasteiger partial charge >= 0.3 is 0 Å². The van der Waals surface area contributed by atoms with E-state index in [9.17, 15) is 8.42 Å². The second kappa shape index (κ2) is 6.02. The molecule has 2 aliphatic rings. The van der Waals surface area contributed by atoms with Crippen LogP contribution in [0, 0.1) is 11.8 Å². The Morgan fingerprint density at radius 3 is 2.71 bits per heavy atom. The second-order valence-electron chi connectivity index (χ2n) is 6.26. The van der Waals surface area contributed by atoms with Crippen LogP contribution >= 0.6 is 0 Å². The van der Waals surface area contributed by atoms with Crippen LogP contribution in [0.5, 0.6) is 0 Å². The lowest BCUT2D eigenvalue weighted by molar-refractivity contribution is 0.260. The zero-order valence-corrected chi connectivity index (χ0v) is 13.0. The Morgan fingerprint density at radius 2 is 2.00 bits per heavy atom. The third kappa shape index (κ3) is 3.27. The minimum atomic E-state index is -3.18. The van der Waals surface area contributed by atoms with E-state index in [-0.39, 0.29) is 11.8 Å². The first-order chi connectivity index (χ1) is 10.1. The summed E-state index contributed by atoms with van der Waals surface area (Å²) in [5.74, 6) is 0.991. The summed E-state index contributed by atoms with van der Waals surface area (Å²) in [7, 11) is -3.18. The molecule has 1 aromatic rings. The van der Waals surface area contributed by atoms with Gasteiger partial charge in [-0.15, -0.1) is 0 Å². The van der Waals surface area contributed by atoms with Crippen molar-refractivity contribution in [2.24, 2.45) is 17.6 Å². The van der Waals surface area contributed by atoms with Crippen LogP contribution in [0.4, 0.5) is 0 Å². The Labute approximate surface area is 126 Å². The summed E-state index contributed by atoms with van der Waals surface area (Å²) in [6.07, 6.45) is 7.23. The van der Waals surface area contributed by atoms with E-state index in [2.05, 4.69) is 4.98 Å². The number of pyridine rings is 1. The van der Waals surface area contributed by atoms with Crippen LogP contribution in [0.3, 0.4) is 0 Å². The molecule has 1 saturated heterocycles. The molecule has 1 aliphatic carbocycles. The van der Waals surface area contributed by atoms with Crippen molar-refractivity contribution >= 4 is 10.0 Å². The minimum absolute atomic E-state index is 0.171. The molecule has 2 fully saturated rings. The van der Waals surface area contributed by atoms with Crippen molar-refractivity contribution in [3.05, 3.63) is 30.1 Å². The molecule has 2 heterocycles. The van der Waals surface area contributed by atoms with Crippen molar-refractivity contribution < 1.29 is 8.42 Å². The van der Waals surface area contributed by atoms with Crippen LogP contribution < -0.4 is 5.73 Å². The lowest BCUT2D eigenvalue weighted by Gasteiger charge is -2.29. The van der Waals surface area contributed by atoms with Gasteiger partial charge in [-0.2, -0.15) is 0 Å². The van der Waals surface area contributed by atoms with Crippen LogP contribution in [0.25, 0.3) is 0 Å². The van der Waals surface area contributed by atoms with E-state index in [1.54, 1.807) is 16.7 Å². The van der Waals surface area contributed by atoms with Gasteiger partial charge in [-0.1, -0.05) is 6.42 Å². The molecule has 21 heavy (non-hydrogen) atoms. The van der Waals surface area contributed by atoms with Crippen LogP contribution in [-0.2, 0) is 16.4 Å². The molecule has 0 amide bonds. The number of aryl methyl sites for hydroxylation is 1. The van der Waals surface area contributed by atoms with Crippen LogP contribution in [0.1, 0.15) is 24.8 Å². The third-order valence-electron chi connectivity index (χ3n) is 4.91. The van der Waals surface area contributed by atoms with Crippen molar-refractivity contribution in [3.8, 4) is 0 Å². The maximum atomic E-state index is 12.5. The first-order valence-corrected chi connectivity index (χ1v) is 9.29. The van der Waals surface area contributed by atoms with Crippen molar-refractivity contribution in [1.29, 1.82) is 0 Å². The predicted molar refractivity (Wildman–Crippen MR) is 82.1 cm³/mol. The maximum Gasteiger partial charge on any atom is 0.214 e. The van der Waals surface area contributed by atoms with Gasteiger partial charge in [-0.05, 0) is 48.8 Å². The van der Waals surface area contributed by atoms with Gasteiger partial charge in [0.05, 0.1) is 5.75 Å². The van der Waals surface area contributed by atoms with Crippen molar-refractivity contribution in [1.82, 2.24) is 9.29 Å². The molecular weight excluding hydrogens is 286 g/mol. The number of hydrogen-bond donors (Lipinski definition) is 1. The Hall–Kier alpha value is -0.980. The van der Waals surface area contributed by atoms with Gasteiger partial charge in [0.25, 0.3) is 0 Å². The molecule has 116 valence electrons. The summed E-state index contributed by atoms with van der Waals surface area (Å²) in [6, 6.07) is 3.91. The molecule has 1 aliphatic heterocycles. The largest absolute Gasteiger partial charge is 0.327 e. The fraction of sp³-hybridized carbons (Fsp3) is 0.667. The lowest BCUT2D eigenvalue weighted by atomic mass is 9.78. The van der Waals surface area contributed by atoms with Gasteiger partial charge in [-0.25, -0.2) is 12.7 Å². The maximum absolute atomic E-state index is 12.5. The van der Waals surface area contributed by atoms with Crippen LogP contribution in [0.2, 0.25) is 0 Å². The van der Waals surface area contributed by atoms with Gasteiger partial charge < -0.3 is 5.73 Å². The Balaban J connectivity index is 1.63. The van der Waals surface area contributed by atoms with E-state index in [0.717, 1.165) is 24.8 Å². The molecular formula is C15H23N3O2S. The average Bonchev–Trinajstić information content (AvgIpc) is 2.93. The molecule has 6 heteroatoms. The van der Waals surface area contributed by atoms with Crippen LogP contribution in [0.15, 0.2) is 24.5 Å². The van der Waals surface area contributed by atoms with Crippen molar-refractivity contribution in [2.45, 2.75) is 31.7 Å². The molecule has 0 radical (unpaired) electrons. The monoisotopic (exact) mass is 309 g/mol. The average molecular weight is 309 g/mol. The quantitative estimate of drug-likeness (QED) is 0.900. The topological polar surface area (TPSA) is 76.3 Å². The van der Waals surface area contributed by atoms with E-state index in [1.165, 1.54) is 0 Å². The van der Waals surface area contributed by atoms with Crippen LogP contribution in [-0.4, -0.2) is 42.6 Å². The molecule has 3 atom stereocenters. The predicted octanol–water partition coefficient (Wildman–Crippen LogP) is 1.01. The summed E-state index contributed by atoms with van der Waals surface area (Å²) in [4.78, 5) is 3.95. The molecule has 1 saturated carbocycles. The fourth-order valence-corrected chi connectivity index (χ4v) is 5.20. The number of nitrogens with zero attached hydrogens (tertiary/aromatic N) is 2. The van der Waals surface area contributed by atoms with Gasteiger partial charge in [0, 0.05) is 31.5 Å². The van der Waals surface area contributed by atoms with Crippen molar-refractivity contribution in [3.63, 3.8) is 0 Å². The van der Waals surface area contributed by atoms with E-state index in [1.807, 2.05) is 12.1 Å². The van der Waals surface area contributed by atoms with Gasteiger partial charge in [0.1, 0.15) is 0 Å². The summed E-state index contributed by atoms with van der Waals surface area (Å²) >= 11 is 0. The van der Waals surface area contributed by atoms with Crippen molar-refractivity contribution in [2.75, 3.05) is 18.8 Å². The number of sulfonamides is 1. The highest BCUT2D eigenvalue weighted by Crippen LogP contribution is 2.36. The normalized spacial score (nSPS) is 30.2. The molecule has 5 nitrogen and oxygen atoms in total. The fourth-order valence-electron chi connectivity index (χ4n) is 3.63. The second-order valence-corrected chi connectivity index (χ2v) is 8.35. The zero-order valence-electron chi connectivity index (χ0n) is 12.2. The summed E-state index contributed by atoms with van der Waals surface area (Å²) in [5.41, 5.74) is 7.18. The highest BCUT2D eigenvalue weighted by molar-refractivity contribution is 7.89. The Kier molecular flexibility index (Phi) is 4.28. The third-order valence-corrected chi connectivity index (χ3v) is 6.72. The summed E-state index contributed by atoms with van der Waals surface area (Å²) < 4.78 is 26.7. The van der Waals surface area contributed by atoms with Gasteiger partial charge in [-0.3, -0.25) is 4.98 Å². The molecule has 3 unspecified atom stereocenters. The molecule has 0 spiro atoms. The number of hydrogen-bond acceptors (Lipinski definition) is 4. The first kappa shape index (κ1) is 14.9. The minimum Gasteiger partial charge on any atom is -0.327 e. The van der Waals surface area contributed by atoms with Gasteiger partial charge in [0.2, 0.25) is 10.0 Å². The number of fused-ring (bicyclic) bond motifs is 1. The smallest absolute Gasteiger partial charge is 0.214 e. The zero-order chi connectivity index (χ0) is 14.9. The number of rotatable bonds is 4. The lowest BCUT2D eigenvalue weighted by Crippen LogP contribution is -2.38. The van der Waals surface area contributed by atoms with Gasteiger partial charge in [0.15, 0.2) is 0 Å². The molecule has 0 aromatic carbocycles. The molecule has 0 bridgehead atoms. The van der Waals surface area contributed by atoms with E-state index >= 15 is 0 Å². The molecule has 1 aromatic heterocycles. The highest BCUT2D eigenvalue weighted by atomic mass is 32.2. The summed E-state index contributed by atoms with van der Waals surface area (Å²) in [6.45, 7) is 1.28. The Morgan fingerprint density at radius 1 is 1.24 bits per heavy atom. The number of nitrogens with two attached hydrogens (primary N) is 1. The summed E-state index contributed by atoms with van der Waals surface area (Å²) in [5, 5.41) is 0. The first-order valence-electron chi connectivity index (χ1n) is 7.68. The standard InChI is InChI=1S/C15H23N3O2S/c16-15-3-1-2-13-10-18(11-14(13)15)21(19,20)9-6-12-4-7-17-8-5-12/h4-5,7-8,13-15H,1-3,6,9-11,16H2. The van der Waals surface area contributed by atoms with E-state index in [4.69, 9.17) is 5.73 Å². The molecule has 2 N–H and O–H groups in total. The molecule has 3 rings (SSSR count). The van der Waals surface area contributed by atoms with E-state index in [0.29, 0.717) is 31.3 Å². The van der Waals surface area contributed by atoms with E-state index < -0.39 is 10.0 Å². The Bertz CT molecular complexity index is 576.